The lowest BCUT2D eigenvalue weighted by molar-refractivity contribution is -0.152. The predicted molar refractivity (Wildman–Crippen MR) is 67.0 cm³/mol. The molecular weight excluding hydrogens is 230 g/mol. The lowest BCUT2D eigenvalue weighted by Crippen LogP contribution is -2.44. The Morgan fingerprint density at radius 2 is 1.83 bits per heavy atom. The predicted octanol–water partition coefficient (Wildman–Crippen LogP) is 1.46. The van der Waals surface area contributed by atoms with Crippen LogP contribution in [-0.2, 0) is 16.0 Å². The number of amides is 1. The highest BCUT2D eigenvalue weighted by Gasteiger charge is 2.41. The Kier molecular flexibility index (Phi) is 3.97. The van der Waals surface area contributed by atoms with E-state index in [9.17, 15) is 9.59 Å². The van der Waals surface area contributed by atoms with Crippen LogP contribution in [0.5, 0.6) is 0 Å². The second kappa shape index (κ2) is 5.67. The highest BCUT2D eigenvalue weighted by Crippen LogP contribution is 2.34. The van der Waals surface area contributed by atoms with Crippen LogP contribution in [0.25, 0.3) is 0 Å². The molecular formula is C14H17NO3. The van der Waals surface area contributed by atoms with Gasteiger partial charge in [-0.2, -0.15) is 0 Å². The van der Waals surface area contributed by atoms with Gasteiger partial charge in [-0.15, -0.1) is 0 Å². The van der Waals surface area contributed by atoms with Crippen LogP contribution < -0.4 is 5.32 Å². The standard InChI is InChI=1S/C14H17NO3/c16-13(11-6-7-12(11)14(17)18)15-9-8-10-4-2-1-3-5-10/h1-5,11-12H,6-9H2,(H,15,16)(H,17,18)/t11-,12+/m0/s1. The van der Waals surface area contributed by atoms with Gasteiger partial charge in [-0.3, -0.25) is 9.59 Å². The van der Waals surface area contributed by atoms with E-state index in [2.05, 4.69) is 5.32 Å². The number of benzene rings is 1. The molecule has 1 aromatic carbocycles. The smallest absolute Gasteiger partial charge is 0.307 e. The Hall–Kier alpha value is -1.84. The summed E-state index contributed by atoms with van der Waals surface area (Å²) in [5.74, 6) is -1.80. The van der Waals surface area contributed by atoms with E-state index in [0.29, 0.717) is 19.4 Å². The van der Waals surface area contributed by atoms with Gasteiger partial charge in [-0.05, 0) is 24.8 Å². The third-order valence-electron chi connectivity index (χ3n) is 3.48. The average molecular weight is 247 g/mol. The maximum atomic E-state index is 11.8. The normalized spacial score (nSPS) is 22.0. The third kappa shape index (κ3) is 2.88. The summed E-state index contributed by atoms with van der Waals surface area (Å²) in [6.07, 6.45) is 2.08. The lowest BCUT2D eigenvalue weighted by atomic mass is 9.73. The van der Waals surface area contributed by atoms with E-state index in [0.717, 1.165) is 6.42 Å². The summed E-state index contributed by atoms with van der Waals surface area (Å²) in [4.78, 5) is 22.6. The van der Waals surface area contributed by atoms with E-state index in [-0.39, 0.29) is 11.8 Å². The van der Waals surface area contributed by atoms with Crippen molar-refractivity contribution < 1.29 is 14.7 Å². The topological polar surface area (TPSA) is 66.4 Å². The molecule has 1 saturated carbocycles. The number of rotatable bonds is 5. The zero-order valence-electron chi connectivity index (χ0n) is 10.1. The molecule has 2 N–H and O–H groups in total. The fraction of sp³-hybridized carbons (Fsp3) is 0.429. The molecule has 0 aliphatic heterocycles. The highest BCUT2D eigenvalue weighted by molar-refractivity contribution is 5.86. The van der Waals surface area contributed by atoms with Crippen molar-refractivity contribution >= 4 is 11.9 Å². The van der Waals surface area contributed by atoms with Crippen LogP contribution >= 0.6 is 0 Å². The molecule has 18 heavy (non-hydrogen) atoms. The monoisotopic (exact) mass is 247 g/mol. The van der Waals surface area contributed by atoms with E-state index in [1.54, 1.807) is 0 Å². The highest BCUT2D eigenvalue weighted by atomic mass is 16.4. The van der Waals surface area contributed by atoms with Gasteiger partial charge in [0.15, 0.2) is 0 Å². The number of carbonyl (C=O) groups excluding carboxylic acids is 1. The third-order valence-corrected chi connectivity index (χ3v) is 3.48. The van der Waals surface area contributed by atoms with Crippen molar-refractivity contribution in [2.75, 3.05) is 6.54 Å². The molecule has 0 unspecified atom stereocenters. The molecule has 0 spiro atoms. The number of carbonyl (C=O) groups is 2. The average Bonchev–Trinajstić information content (AvgIpc) is 2.28. The van der Waals surface area contributed by atoms with E-state index in [1.165, 1.54) is 5.56 Å². The van der Waals surface area contributed by atoms with Gasteiger partial charge in [-0.25, -0.2) is 0 Å². The van der Waals surface area contributed by atoms with Crippen molar-refractivity contribution in [3.63, 3.8) is 0 Å². The van der Waals surface area contributed by atoms with Gasteiger partial charge < -0.3 is 10.4 Å². The van der Waals surface area contributed by atoms with Gasteiger partial charge in [-0.1, -0.05) is 30.3 Å². The Morgan fingerprint density at radius 3 is 2.39 bits per heavy atom. The Balaban J connectivity index is 1.74. The molecule has 0 saturated heterocycles. The zero-order chi connectivity index (χ0) is 13.0. The van der Waals surface area contributed by atoms with Crippen molar-refractivity contribution in [1.29, 1.82) is 0 Å². The largest absolute Gasteiger partial charge is 0.481 e. The molecule has 1 amide bonds. The number of hydrogen-bond donors (Lipinski definition) is 2. The van der Waals surface area contributed by atoms with Crippen LogP contribution in [0.1, 0.15) is 18.4 Å². The van der Waals surface area contributed by atoms with Crippen LogP contribution in [0, 0.1) is 11.8 Å². The van der Waals surface area contributed by atoms with E-state index >= 15 is 0 Å². The SMILES string of the molecule is O=C(NCCc1ccccc1)[C@H]1CC[C@H]1C(=O)O. The zero-order valence-corrected chi connectivity index (χ0v) is 10.1. The molecule has 0 radical (unpaired) electrons. The first-order chi connectivity index (χ1) is 8.68. The van der Waals surface area contributed by atoms with Gasteiger partial charge in [0.05, 0.1) is 11.8 Å². The van der Waals surface area contributed by atoms with E-state index in [4.69, 9.17) is 5.11 Å². The molecule has 1 aliphatic rings. The van der Waals surface area contributed by atoms with Crippen molar-refractivity contribution in [2.24, 2.45) is 11.8 Å². The summed E-state index contributed by atoms with van der Waals surface area (Å²) < 4.78 is 0. The molecule has 96 valence electrons. The lowest BCUT2D eigenvalue weighted by Gasteiger charge is -2.31. The van der Waals surface area contributed by atoms with Gasteiger partial charge in [0.1, 0.15) is 0 Å². The van der Waals surface area contributed by atoms with Crippen LogP contribution in [0.15, 0.2) is 30.3 Å². The Labute approximate surface area is 106 Å². The number of nitrogens with one attached hydrogen (secondary N) is 1. The van der Waals surface area contributed by atoms with Gasteiger partial charge in [0, 0.05) is 6.54 Å². The molecule has 0 aromatic heterocycles. The molecule has 0 bridgehead atoms. The maximum absolute atomic E-state index is 11.8. The van der Waals surface area contributed by atoms with Crippen LogP contribution in [-0.4, -0.2) is 23.5 Å². The second-order valence-electron chi connectivity index (χ2n) is 4.66. The minimum absolute atomic E-state index is 0.121. The second-order valence-corrected chi connectivity index (χ2v) is 4.66. The van der Waals surface area contributed by atoms with E-state index in [1.807, 2.05) is 30.3 Å². The molecule has 2 atom stereocenters. The number of carboxylic acids is 1. The van der Waals surface area contributed by atoms with Gasteiger partial charge >= 0.3 is 5.97 Å². The summed E-state index contributed by atoms with van der Waals surface area (Å²) in [6.45, 7) is 0.561. The summed E-state index contributed by atoms with van der Waals surface area (Å²) in [5.41, 5.74) is 1.17. The molecule has 4 heteroatoms. The molecule has 4 nitrogen and oxygen atoms in total. The first-order valence-electron chi connectivity index (χ1n) is 6.23. The van der Waals surface area contributed by atoms with Crippen LogP contribution in [0.3, 0.4) is 0 Å². The summed E-state index contributed by atoms with van der Waals surface area (Å²) in [6, 6.07) is 9.89. The van der Waals surface area contributed by atoms with Gasteiger partial charge in [0.2, 0.25) is 5.91 Å². The van der Waals surface area contributed by atoms with Gasteiger partial charge in [0.25, 0.3) is 0 Å². The maximum Gasteiger partial charge on any atom is 0.307 e. The first-order valence-corrected chi connectivity index (χ1v) is 6.23. The number of aliphatic carboxylic acids is 1. The summed E-state index contributed by atoms with van der Waals surface area (Å²) >= 11 is 0. The van der Waals surface area contributed by atoms with Crippen molar-refractivity contribution in [3.05, 3.63) is 35.9 Å². The van der Waals surface area contributed by atoms with Crippen molar-refractivity contribution in [3.8, 4) is 0 Å². The van der Waals surface area contributed by atoms with Crippen LogP contribution in [0.2, 0.25) is 0 Å². The Morgan fingerprint density at radius 1 is 1.17 bits per heavy atom. The molecule has 1 aromatic rings. The summed E-state index contributed by atoms with van der Waals surface area (Å²) in [5, 5.41) is 11.7. The summed E-state index contributed by atoms with van der Waals surface area (Å²) in [7, 11) is 0. The van der Waals surface area contributed by atoms with Crippen LogP contribution in [0.4, 0.5) is 0 Å². The molecule has 1 fully saturated rings. The minimum Gasteiger partial charge on any atom is -0.481 e. The van der Waals surface area contributed by atoms with Crippen molar-refractivity contribution in [2.45, 2.75) is 19.3 Å². The Bertz CT molecular complexity index is 430. The first kappa shape index (κ1) is 12.6. The molecule has 0 heterocycles. The molecule has 2 rings (SSSR count). The number of hydrogen-bond acceptors (Lipinski definition) is 2. The van der Waals surface area contributed by atoms with E-state index < -0.39 is 11.9 Å². The fourth-order valence-corrected chi connectivity index (χ4v) is 2.22. The minimum atomic E-state index is -0.857. The fourth-order valence-electron chi connectivity index (χ4n) is 2.22. The van der Waals surface area contributed by atoms with Crippen molar-refractivity contribution in [1.82, 2.24) is 5.32 Å². The number of carboxylic acid groups (broad SMARTS) is 1. The quantitative estimate of drug-likeness (QED) is 0.827. The molecule has 1 aliphatic carbocycles.